The molecule has 0 aliphatic rings. The summed E-state index contributed by atoms with van der Waals surface area (Å²) in [6, 6.07) is 1.00. The van der Waals surface area contributed by atoms with Crippen molar-refractivity contribution < 1.29 is 4.74 Å². The summed E-state index contributed by atoms with van der Waals surface area (Å²) in [7, 11) is 0. The number of nitrogens with two attached hydrogens (primary N) is 1. The van der Waals surface area contributed by atoms with E-state index >= 15 is 0 Å². The second kappa shape index (κ2) is 8.17. The van der Waals surface area contributed by atoms with E-state index in [1.165, 1.54) is 0 Å². The van der Waals surface area contributed by atoms with Crippen LogP contribution in [0.5, 0.6) is 5.88 Å². The summed E-state index contributed by atoms with van der Waals surface area (Å²) in [5.74, 6) is 1.91. The van der Waals surface area contributed by atoms with Gasteiger partial charge in [0.05, 0.1) is 5.56 Å². The van der Waals surface area contributed by atoms with E-state index in [9.17, 15) is 0 Å². The average molecular weight is 294 g/mol. The summed E-state index contributed by atoms with van der Waals surface area (Å²) in [5.41, 5.74) is 6.77. The van der Waals surface area contributed by atoms with E-state index in [0.29, 0.717) is 30.4 Å². The number of hydrogen-bond donors (Lipinski definition) is 1. The first-order valence-electron chi connectivity index (χ1n) is 7.88. The molecular weight excluding hydrogens is 264 g/mol. The van der Waals surface area contributed by atoms with Gasteiger partial charge in [-0.25, -0.2) is 4.98 Å². The molecule has 0 aromatic carbocycles. The summed E-state index contributed by atoms with van der Waals surface area (Å²) in [5, 5.41) is 0. The monoisotopic (exact) mass is 294 g/mol. The highest BCUT2D eigenvalue weighted by Crippen LogP contribution is 2.20. The van der Waals surface area contributed by atoms with Crippen molar-refractivity contribution in [3.8, 4) is 5.88 Å². The summed E-state index contributed by atoms with van der Waals surface area (Å²) >= 11 is 0. The van der Waals surface area contributed by atoms with E-state index in [0.717, 1.165) is 30.8 Å². The van der Waals surface area contributed by atoms with Gasteiger partial charge in [0.15, 0.2) is 0 Å². The predicted octanol–water partition coefficient (Wildman–Crippen LogP) is 2.82. The second-order valence-corrected chi connectivity index (χ2v) is 5.98. The van der Waals surface area contributed by atoms with Crippen LogP contribution in [0, 0.1) is 6.92 Å². The number of hydrogen-bond acceptors (Lipinski definition) is 5. The highest BCUT2D eigenvalue weighted by atomic mass is 16.5. The first-order chi connectivity index (χ1) is 9.86. The number of nitrogen functional groups attached to an aromatic ring is 1. The maximum absolute atomic E-state index is 5.94. The molecule has 0 radical (unpaired) electrons. The second-order valence-electron chi connectivity index (χ2n) is 5.98. The van der Waals surface area contributed by atoms with Gasteiger partial charge in [0.2, 0.25) is 5.88 Å². The van der Waals surface area contributed by atoms with Crippen molar-refractivity contribution in [3.05, 3.63) is 11.4 Å². The molecule has 5 heteroatoms. The summed E-state index contributed by atoms with van der Waals surface area (Å²) in [6.45, 7) is 14.3. The standard InChI is InChI=1S/C16H30N4O/c1-7-8-14-18-15(17)13(6)16(19-14)21-10-9-20(11(2)3)12(4)5/h11-12H,7-10H2,1-6H3,(H2,17,18,19). The third kappa shape index (κ3) is 5.16. The van der Waals surface area contributed by atoms with E-state index in [-0.39, 0.29) is 0 Å². The predicted molar refractivity (Wildman–Crippen MR) is 87.6 cm³/mol. The molecule has 0 fully saturated rings. The summed E-state index contributed by atoms with van der Waals surface area (Å²) in [6.07, 6.45) is 1.82. The normalized spacial score (nSPS) is 11.7. The Morgan fingerprint density at radius 3 is 2.29 bits per heavy atom. The van der Waals surface area contributed by atoms with Gasteiger partial charge < -0.3 is 10.5 Å². The van der Waals surface area contributed by atoms with Gasteiger partial charge in [-0.15, -0.1) is 0 Å². The molecule has 2 N–H and O–H groups in total. The van der Waals surface area contributed by atoms with Crippen molar-refractivity contribution >= 4 is 5.82 Å². The van der Waals surface area contributed by atoms with E-state index in [4.69, 9.17) is 10.5 Å². The summed E-state index contributed by atoms with van der Waals surface area (Å²) in [4.78, 5) is 11.2. The van der Waals surface area contributed by atoms with Crippen LogP contribution in [0.25, 0.3) is 0 Å². The Morgan fingerprint density at radius 2 is 1.76 bits per heavy atom. The number of anilines is 1. The molecule has 5 nitrogen and oxygen atoms in total. The molecule has 0 saturated heterocycles. The number of ether oxygens (including phenoxy) is 1. The van der Waals surface area contributed by atoms with Gasteiger partial charge in [-0.1, -0.05) is 6.92 Å². The molecule has 0 spiro atoms. The van der Waals surface area contributed by atoms with Gasteiger partial charge in [0.1, 0.15) is 18.2 Å². The topological polar surface area (TPSA) is 64.3 Å². The first-order valence-corrected chi connectivity index (χ1v) is 7.88. The van der Waals surface area contributed by atoms with Crippen molar-refractivity contribution in [1.82, 2.24) is 14.9 Å². The van der Waals surface area contributed by atoms with Crippen LogP contribution >= 0.6 is 0 Å². The SMILES string of the molecule is CCCc1nc(N)c(C)c(OCCN(C(C)C)C(C)C)n1. The van der Waals surface area contributed by atoms with Crippen LogP contribution in [-0.2, 0) is 6.42 Å². The quantitative estimate of drug-likeness (QED) is 0.798. The van der Waals surface area contributed by atoms with E-state index in [1.807, 2.05) is 6.92 Å². The summed E-state index contributed by atoms with van der Waals surface area (Å²) < 4.78 is 5.86. The van der Waals surface area contributed by atoms with E-state index < -0.39 is 0 Å². The van der Waals surface area contributed by atoms with Crippen molar-refractivity contribution in [2.24, 2.45) is 0 Å². The zero-order valence-electron chi connectivity index (χ0n) is 14.3. The molecule has 120 valence electrons. The lowest BCUT2D eigenvalue weighted by molar-refractivity contribution is 0.139. The lowest BCUT2D eigenvalue weighted by Gasteiger charge is -2.30. The fraction of sp³-hybridized carbons (Fsp3) is 0.750. The fourth-order valence-electron chi connectivity index (χ4n) is 2.39. The van der Waals surface area contributed by atoms with Gasteiger partial charge in [-0.05, 0) is 41.0 Å². The number of aromatic nitrogens is 2. The van der Waals surface area contributed by atoms with Gasteiger partial charge >= 0.3 is 0 Å². The van der Waals surface area contributed by atoms with Gasteiger partial charge in [-0.3, -0.25) is 4.90 Å². The lowest BCUT2D eigenvalue weighted by Crippen LogP contribution is -2.39. The van der Waals surface area contributed by atoms with Crippen molar-refractivity contribution in [2.75, 3.05) is 18.9 Å². The minimum atomic E-state index is 0.501. The van der Waals surface area contributed by atoms with Gasteiger partial charge in [0.25, 0.3) is 0 Å². The maximum atomic E-state index is 5.94. The largest absolute Gasteiger partial charge is 0.476 e. The Hall–Kier alpha value is -1.36. The maximum Gasteiger partial charge on any atom is 0.221 e. The molecule has 0 saturated carbocycles. The number of rotatable bonds is 8. The molecule has 21 heavy (non-hydrogen) atoms. The molecule has 1 heterocycles. The fourth-order valence-corrected chi connectivity index (χ4v) is 2.39. The minimum absolute atomic E-state index is 0.501. The van der Waals surface area contributed by atoms with Gasteiger partial charge in [-0.2, -0.15) is 4.98 Å². The van der Waals surface area contributed by atoms with Crippen LogP contribution in [0.15, 0.2) is 0 Å². The van der Waals surface area contributed by atoms with E-state index in [2.05, 4.69) is 49.5 Å². The van der Waals surface area contributed by atoms with Crippen molar-refractivity contribution in [3.63, 3.8) is 0 Å². The Kier molecular flexibility index (Phi) is 6.89. The number of aryl methyl sites for hydroxylation is 1. The average Bonchev–Trinajstić information content (AvgIpc) is 2.39. The van der Waals surface area contributed by atoms with Crippen molar-refractivity contribution in [2.45, 2.75) is 66.5 Å². The van der Waals surface area contributed by atoms with Crippen molar-refractivity contribution in [1.29, 1.82) is 0 Å². The van der Waals surface area contributed by atoms with Gasteiger partial charge in [0, 0.05) is 25.0 Å². The zero-order valence-corrected chi connectivity index (χ0v) is 14.3. The Morgan fingerprint density at radius 1 is 1.14 bits per heavy atom. The third-order valence-corrected chi connectivity index (χ3v) is 3.57. The van der Waals surface area contributed by atoms with Crippen LogP contribution < -0.4 is 10.5 Å². The van der Waals surface area contributed by atoms with Crippen LogP contribution in [0.4, 0.5) is 5.82 Å². The minimum Gasteiger partial charge on any atom is -0.476 e. The highest BCUT2D eigenvalue weighted by molar-refractivity contribution is 5.44. The molecule has 0 atom stereocenters. The van der Waals surface area contributed by atoms with Crippen LogP contribution in [0.3, 0.4) is 0 Å². The molecule has 0 unspecified atom stereocenters. The zero-order chi connectivity index (χ0) is 16.0. The smallest absolute Gasteiger partial charge is 0.221 e. The van der Waals surface area contributed by atoms with Crippen LogP contribution in [0.1, 0.15) is 52.4 Å². The Labute approximate surface area is 128 Å². The molecule has 1 aromatic rings. The molecule has 0 bridgehead atoms. The highest BCUT2D eigenvalue weighted by Gasteiger charge is 2.14. The Bertz CT molecular complexity index is 438. The van der Waals surface area contributed by atoms with Crippen LogP contribution in [-0.4, -0.2) is 40.1 Å². The van der Waals surface area contributed by atoms with Crippen LogP contribution in [0.2, 0.25) is 0 Å². The molecule has 1 rings (SSSR count). The van der Waals surface area contributed by atoms with E-state index in [1.54, 1.807) is 0 Å². The molecule has 0 amide bonds. The molecule has 0 aliphatic carbocycles. The molecule has 0 aliphatic heterocycles. The Balaban J connectivity index is 2.70. The third-order valence-electron chi connectivity index (χ3n) is 3.57. The lowest BCUT2D eigenvalue weighted by atomic mass is 10.2. The first kappa shape index (κ1) is 17.7. The molecule has 1 aromatic heterocycles. The number of nitrogens with zero attached hydrogens (tertiary/aromatic N) is 3. The molecular formula is C16H30N4O.